The van der Waals surface area contributed by atoms with Crippen molar-refractivity contribution >= 4 is 11.4 Å². The summed E-state index contributed by atoms with van der Waals surface area (Å²) < 4.78 is 1.95. The third kappa shape index (κ3) is 2.15. The minimum atomic E-state index is 0.833. The summed E-state index contributed by atoms with van der Waals surface area (Å²) in [5.74, 6) is 0. The number of aryl methyl sites for hydroxylation is 2. The Labute approximate surface area is 120 Å². The van der Waals surface area contributed by atoms with Crippen molar-refractivity contribution in [1.29, 1.82) is 0 Å². The molecule has 0 radical (unpaired) electrons. The molecule has 1 aliphatic rings. The number of benzene rings is 1. The van der Waals surface area contributed by atoms with Crippen LogP contribution in [0.15, 0.2) is 18.2 Å². The van der Waals surface area contributed by atoms with Gasteiger partial charge in [0.1, 0.15) is 0 Å². The maximum absolute atomic E-state index is 4.46. The minimum Gasteiger partial charge on any atom is -0.381 e. The second-order valence-corrected chi connectivity index (χ2v) is 5.64. The summed E-state index contributed by atoms with van der Waals surface area (Å²) in [4.78, 5) is 2.31. The molecule has 0 unspecified atom stereocenters. The average molecular weight is 270 g/mol. The molecular weight excluding hydrogens is 248 g/mol. The lowest BCUT2D eigenvalue weighted by Crippen LogP contribution is -2.12. The number of hydrogen-bond acceptors (Lipinski definition) is 3. The van der Waals surface area contributed by atoms with E-state index in [-0.39, 0.29) is 0 Å². The molecule has 3 rings (SSSR count). The number of fused-ring (bicyclic) bond motifs is 1. The first-order valence-corrected chi connectivity index (χ1v) is 7.13. The first-order chi connectivity index (χ1) is 9.56. The summed E-state index contributed by atoms with van der Waals surface area (Å²) in [6.07, 6.45) is 1.15. The Morgan fingerprint density at radius 3 is 2.75 bits per heavy atom. The molecule has 0 atom stereocenters. The predicted molar refractivity (Wildman–Crippen MR) is 83.4 cm³/mol. The molecule has 1 aromatic carbocycles. The molecule has 0 aliphatic carbocycles. The van der Waals surface area contributed by atoms with Gasteiger partial charge in [0.2, 0.25) is 0 Å². The van der Waals surface area contributed by atoms with Crippen LogP contribution in [-0.2, 0) is 20.0 Å². The van der Waals surface area contributed by atoms with Crippen LogP contribution >= 0.6 is 0 Å². The lowest BCUT2D eigenvalue weighted by Gasteiger charge is -2.13. The zero-order valence-corrected chi connectivity index (χ0v) is 12.7. The van der Waals surface area contributed by atoms with Gasteiger partial charge in [-0.15, -0.1) is 0 Å². The Morgan fingerprint density at radius 2 is 2.05 bits per heavy atom. The van der Waals surface area contributed by atoms with Crippen molar-refractivity contribution in [3.8, 4) is 0 Å². The van der Waals surface area contributed by atoms with Gasteiger partial charge in [-0.25, -0.2) is 0 Å². The molecule has 0 saturated heterocycles. The van der Waals surface area contributed by atoms with Crippen molar-refractivity contribution in [3.63, 3.8) is 0 Å². The van der Waals surface area contributed by atoms with Crippen LogP contribution in [0.1, 0.15) is 22.5 Å². The quantitative estimate of drug-likeness (QED) is 0.931. The SMILES string of the molecule is Cc1nn(C)c(C)c1CNc1ccc2c(c1)CCN2C. The second-order valence-electron chi connectivity index (χ2n) is 5.64. The highest BCUT2D eigenvalue weighted by Gasteiger charge is 2.15. The number of rotatable bonds is 3. The molecule has 0 bridgehead atoms. The van der Waals surface area contributed by atoms with Gasteiger partial charge in [0.05, 0.1) is 5.69 Å². The van der Waals surface area contributed by atoms with E-state index in [9.17, 15) is 0 Å². The molecule has 2 heterocycles. The number of hydrogen-bond donors (Lipinski definition) is 1. The second kappa shape index (κ2) is 4.85. The van der Waals surface area contributed by atoms with Gasteiger partial charge >= 0.3 is 0 Å². The van der Waals surface area contributed by atoms with Crippen molar-refractivity contribution in [1.82, 2.24) is 9.78 Å². The van der Waals surface area contributed by atoms with E-state index in [1.165, 1.54) is 28.2 Å². The highest BCUT2D eigenvalue weighted by Crippen LogP contribution is 2.29. The fraction of sp³-hybridized carbons (Fsp3) is 0.438. The van der Waals surface area contributed by atoms with Crippen molar-refractivity contribution in [2.45, 2.75) is 26.8 Å². The van der Waals surface area contributed by atoms with Crippen LogP contribution in [0.25, 0.3) is 0 Å². The van der Waals surface area contributed by atoms with Crippen LogP contribution < -0.4 is 10.2 Å². The van der Waals surface area contributed by atoms with Crippen LogP contribution in [0.2, 0.25) is 0 Å². The molecule has 4 nitrogen and oxygen atoms in total. The van der Waals surface area contributed by atoms with Gasteiger partial charge < -0.3 is 10.2 Å². The van der Waals surface area contributed by atoms with Crippen molar-refractivity contribution < 1.29 is 0 Å². The molecule has 1 N–H and O–H groups in total. The van der Waals surface area contributed by atoms with Gasteiger partial charge in [-0.1, -0.05) is 0 Å². The highest BCUT2D eigenvalue weighted by atomic mass is 15.3. The lowest BCUT2D eigenvalue weighted by atomic mass is 10.1. The highest BCUT2D eigenvalue weighted by molar-refractivity contribution is 5.63. The first-order valence-electron chi connectivity index (χ1n) is 7.13. The number of anilines is 2. The van der Waals surface area contributed by atoms with Crippen molar-refractivity contribution in [2.75, 3.05) is 23.8 Å². The Hall–Kier alpha value is -1.97. The van der Waals surface area contributed by atoms with Gasteiger partial charge in [-0.05, 0) is 44.0 Å². The van der Waals surface area contributed by atoms with Crippen LogP contribution in [0, 0.1) is 13.8 Å². The third-order valence-electron chi connectivity index (χ3n) is 4.34. The summed E-state index contributed by atoms with van der Waals surface area (Å²) in [5, 5.41) is 7.99. The maximum Gasteiger partial charge on any atom is 0.0646 e. The molecular formula is C16H22N4. The van der Waals surface area contributed by atoms with Gasteiger partial charge in [0.25, 0.3) is 0 Å². The first kappa shape index (κ1) is 13.0. The summed E-state index contributed by atoms with van der Waals surface area (Å²) in [6, 6.07) is 6.66. The molecule has 1 aliphatic heterocycles. The van der Waals surface area contributed by atoms with E-state index >= 15 is 0 Å². The average Bonchev–Trinajstić information content (AvgIpc) is 2.90. The van der Waals surface area contributed by atoms with Crippen LogP contribution in [0.5, 0.6) is 0 Å². The van der Waals surface area contributed by atoms with Gasteiger partial charge in [0.15, 0.2) is 0 Å². The Morgan fingerprint density at radius 1 is 1.25 bits per heavy atom. The molecule has 106 valence electrons. The summed E-state index contributed by atoms with van der Waals surface area (Å²) in [6.45, 7) is 6.15. The van der Waals surface area contributed by atoms with Crippen molar-refractivity contribution in [2.24, 2.45) is 7.05 Å². The monoisotopic (exact) mass is 270 g/mol. The molecule has 4 heteroatoms. The zero-order valence-electron chi connectivity index (χ0n) is 12.7. The van der Waals surface area contributed by atoms with Crippen LogP contribution in [0.4, 0.5) is 11.4 Å². The number of nitrogens with one attached hydrogen (secondary N) is 1. The molecule has 0 saturated carbocycles. The van der Waals surface area contributed by atoms with Crippen molar-refractivity contribution in [3.05, 3.63) is 40.7 Å². The Bertz CT molecular complexity index is 642. The van der Waals surface area contributed by atoms with Gasteiger partial charge in [-0.3, -0.25) is 4.68 Å². The molecule has 0 fully saturated rings. The minimum absolute atomic E-state index is 0.833. The van der Waals surface area contributed by atoms with E-state index in [2.05, 4.69) is 54.4 Å². The molecule has 0 spiro atoms. The van der Waals surface area contributed by atoms with E-state index in [1.807, 2.05) is 11.7 Å². The Kier molecular flexibility index (Phi) is 3.16. The van der Waals surface area contributed by atoms with E-state index in [4.69, 9.17) is 0 Å². The predicted octanol–water partition coefficient (Wildman–Crippen LogP) is 2.64. The molecule has 20 heavy (non-hydrogen) atoms. The zero-order chi connectivity index (χ0) is 14.3. The lowest BCUT2D eigenvalue weighted by molar-refractivity contribution is 0.730. The fourth-order valence-corrected chi connectivity index (χ4v) is 2.94. The summed E-state index contributed by atoms with van der Waals surface area (Å²) in [7, 11) is 4.15. The smallest absolute Gasteiger partial charge is 0.0646 e. The standard InChI is InChI=1S/C16H22N4/c1-11-15(12(2)20(4)18-11)10-17-14-5-6-16-13(9-14)7-8-19(16)3/h5-6,9,17H,7-8,10H2,1-4H3. The molecule has 1 aromatic heterocycles. The number of aromatic nitrogens is 2. The third-order valence-corrected chi connectivity index (χ3v) is 4.34. The number of likely N-dealkylation sites (N-methyl/N-ethyl adjacent to an activating group) is 1. The van der Waals surface area contributed by atoms with E-state index in [0.717, 1.165) is 25.2 Å². The Balaban J connectivity index is 1.76. The maximum atomic E-state index is 4.46. The van der Waals surface area contributed by atoms with Crippen LogP contribution in [-0.4, -0.2) is 23.4 Å². The number of nitrogens with zero attached hydrogens (tertiary/aromatic N) is 3. The van der Waals surface area contributed by atoms with E-state index < -0.39 is 0 Å². The normalized spacial score (nSPS) is 13.7. The largest absolute Gasteiger partial charge is 0.381 e. The molecule has 0 amide bonds. The fourth-order valence-electron chi connectivity index (χ4n) is 2.94. The summed E-state index contributed by atoms with van der Waals surface area (Å²) >= 11 is 0. The summed E-state index contributed by atoms with van der Waals surface area (Å²) in [5.41, 5.74) is 7.64. The van der Waals surface area contributed by atoms with Gasteiger partial charge in [-0.2, -0.15) is 5.10 Å². The topological polar surface area (TPSA) is 33.1 Å². The van der Waals surface area contributed by atoms with E-state index in [0.29, 0.717) is 0 Å². The molecule has 2 aromatic rings. The van der Waals surface area contributed by atoms with Gasteiger partial charge in [0, 0.05) is 49.8 Å². The van der Waals surface area contributed by atoms with Crippen LogP contribution in [0.3, 0.4) is 0 Å². The van der Waals surface area contributed by atoms with E-state index in [1.54, 1.807) is 0 Å².